The molecule has 0 atom stereocenters. The van der Waals surface area contributed by atoms with Gasteiger partial charge in [0.1, 0.15) is 5.82 Å². The number of hydrogen-bond acceptors (Lipinski definition) is 3. The zero-order chi connectivity index (χ0) is 27.5. The summed E-state index contributed by atoms with van der Waals surface area (Å²) in [7, 11) is 0. The van der Waals surface area contributed by atoms with E-state index in [0.29, 0.717) is 11.6 Å². The van der Waals surface area contributed by atoms with E-state index in [2.05, 4.69) is 136 Å². The van der Waals surface area contributed by atoms with Crippen LogP contribution in [0.4, 0.5) is 0 Å². The third kappa shape index (κ3) is 5.32. The maximum absolute atomic E-state index is 5.00. The lowest BCUT2D eigenvalue weighted by Crippen LogP contribution is -2.18. The first kappa shape index (κ1) is 25.4. The highest BCUT2D eigenvalue weighted by Gasteiger charge is 2.22. The number of aromatic nitrogens is 3. The molecule has 0 unspecified atom stereocenters. The van der Waals surface area contributed by atoms with Crippen LogP contribution in [0.1, 0.15) is 26.6 Å². The van der Waals surface area contributed by atoms with Crippen molar-refractivity contribution in [2.24, 2.45) is 0 Å². The van der Waals surface area contributed by atoms with Gasteiger partial charge in [0.15, 0.2) is 11.6 Å². The summed E-state index contributed by atoms with van der Waals surface area (Å²) >= 11 is 0. The fourth-order valence-electron chi connectivity index (χ4n) is 4.81. The van der Waals surface area contributed by atoms with Crippen molar-refractivity contribution in [2.75, 3.05) is 0 Å². The van der Waals surface area contributed by atoms with E-state index in [-0.39, 0.29) is 5.41 Å². The van der Waals surface area contributed by atoms with E-state index in [4.69, 9.17) is 15.0 Å². The number of hydrogen-bond donors (Lipinski definition) is 0. The van der Waals surface area contributed by atoms with Gasteiger partial charge in [-0.2, -0.15) is 0 Å². The molecule has 0 N–H and O–H groups in total. The molecule has 3 heteroatoms. The van der Waals surface area contributed by atoms with Crippen molar-refractivity contribution in [2.45, 2.75) is 26.2 Å². The van der Waals surface area contributed by atoms with Gasteiger partial charge in [-0.3, -0.25) is 0 Å². The Hall–Kier alpha value is -4.89. The van der Waals surface area contributed by atoms with E-state index in [1.807, 2.05) is 18.2 Å². The highest BCUT2D eigenvalue weighted by atomic mass is 15.0. The second-order valence-corrected chi connectivity index (χ2v) is 11.0. The first-order valence-corrected chi connectivity index (χ1v) is 13.6. The smallest absolute Gasteiger partial charge is 0.164 e. The van der Waals surface area contributed by atoms with Gasteiger partial charge < -0.3 is 0 Å². The third-order valence-electron chi connectivity index (χ3n) is 7.03. The van der Waals surface area contributed by atoms with E-state index in [0.717, 1.165) is 33.6 Å². The Bertz CT molecular complexity index is 1730. The molecule has 5 aromatic carbocycles. The largest absolute Gasteiger partial charge is 0.212 e. The average molecular weight is 518 g/mol. The van der Waals surface area contributed by atoms with E-state index in [1.165, 1.54) is 16.7 Å². The quantitative estimate of drug-likeness (QED) is 0.229. The second kappa shape index (κ2) is 10.7. The molecule has 0 aliphatic rings. The molecule has 0 fully saturated rings. The summed E-state index contributed by atoms with van der Waals surface area (Å²) in [5, 5.41) is 0. The van der Waals surface area contributed by atoms with Gasteiger partial charge in [0, 0.05) is 16.5 Å². The zero-order valence-electron chi connectivity index (χ0n) is 23.0. The Morgan fingerprint density at radius 3 is 1.27 bits per heavy atom. The summed E-state index contributed by atoms with van der Waals surface area (Å²) < 4.78 is 0. The van der Waals surface area contributed by atoms with Crippen LogP contribution in [-0.4, -0.2) is 15.0 Å². The standard InChI is InChI=1S/C37H31N3/c1-37(2,3)36-39-34(38-35(40-36)33-17-11-10-16-32(33)30-14-8-5-9-15-30)31-24-22-29(23-25-31)28-20-18-27(19-21-28)26-12-6-4-7-13-26/h4-25H,1-3H3. The van der Waals surface area contributed by atoms with Crippen LogP contribution in [0.2, 0.25) is 0 Å². The SMILES string of the molecule is CC(C)(C)c1nc(-c2ccc(-c3ccc(-c4ccccc4)cc3)cc2)nc(-c2ccccc2-c2ccccc2)n1. The fourth-order valence-corrected chi connectivity index (χ4v) is 4.81. The van der Waals surface area contributed by atoms with Gasteiger partial charge in [-0.15, -0.1) is 0 Å². The van der Waals surface area contributed by atoms with Crippen molar-refractivity contribution < 1.29 is 0 Å². The maximum Gasteiger partial charge on any atom is 0.164 e. The summed E-state index contributed by atoms with van der Waals surface area (Å²) in [5.74, 6) is 2.15. The van der Waals surface area contributed by atoms with Crippen LogP contribution in [0.25, 0.3) is 56.2 Å². The van der Waals surface area contributed by atoms with Crippen LogP contribution < -0.4 is 0 Å². The van der Waals surface area contributed by atoms with E-state index < -0.39 is 0 Å². The molecule has 0 saturated heterocycles. The molecule has 0 bridgehead atoms. The summed E-state index contributed by atoms with van der Waals surface area (Å²) in [6.07, 6.45) is 0. The second-order valence-electron chi connectivity index (χ2n) is 11.0. The van der Waals surface area contributed by atoms with Gasteiger partial charge in [-0.25, -0.2) is 15.0 Å². The van der Waals surface area contributed by atoms with Crippen molar-refractivity contribution >= 4 is 0 Å². The molecule has 0 spiro atoms. The monoisotopic (exact) mass is 517 g/mol. The molecule has 0 amide bonds. The first-order valence-electron chi connectivity index (χ1n) is 13.6. The van der Waals surface area contributed by atoms with Crippen LogP contribution in [-0.2, 0) is 5.41 Å². The number of nitrogens with zero attached hydrogens (tertiary/aromatic N) is 3. The van der Waals surface area contributed by atoms with Crippen molar-refractivity contribution in [3.63, 3.8) is 0 Å². The topological polar surface area (TPSA) is 38.7 Å². The Morgan fingerprint density at radius 2 is 0.750 bits per heavy atom. The van der Waals surface area contributed by atoms with E-state index >= 15 is 0 Å². The van der Waals surface area contributed by atoms with Gasteiger partial charge in [0.2, 0.25) is 0 Å². The molecule has 194 valence electrons. The van der Waals surface area contributed by atoms with Crippen molar-refractivity contribution in [3.05, 3.63) is 139 Å². The molecule has 1 aromatic heterocycles. The Balaban J connectivity index is 1.37. The Kier molecular flexibility index (Phi) is 6.79. The first-order chi connectivity index (χ1) is 19.5. The molecule has 6 aromatic rings. The predicted octanol–water partition coefficient (Wildman–Crippen LogP) is 9.50. The zero-order valence-corrected chi connectivity index (χ0v) is 23.0. The lowest BCUT2D eigenvalue weighted by atomic mass is 9.95. The minimum absolute atomic E-state index is 0.228. The van der Waals surface area contributed by atoms with Crippen LogP contribution >= 0.6 is 0 Å². The predicted molar refractivity (Wildman–Crippen MR) is 166 cm³/mol. The number of rotatable bonds is 5. The molecule has 1 heterocycles. The van der Waals surface area contributed by atoms with Gasteiger partial charge in [0.25, 0.3) is 0 Å². The molecular formula is C37H31N3. The molecular weight excluding hydrogens is 486 g/mol. The van der Waals surface area contributed by atoms with Gasteiger partial charge in [-0.05, 0) is 33.4 Å². The van der Waals surface area contributed by atoms with Crippen molar-refractivity contribution in [1.82, 2.24) is 15.0 Å². The molecule has 0 saturated carbocycles. The summed E-state index contributed by atoms with van der Waals surface area (Å²) in [5.41, 5.74) is 8.75. The molecule has 0 radical (unpaired) electrons. The molecule has 6 rings (SSSR count). The van der Waals surface area contributed by atoms with Crippen LogP contribution in [0.3, 0.4) is 0 Å². The maximum atomic E-state index is 5.00. The van der Waals surface area contributed by atoms with Crippen molar-refractivity contribution in [3.8, 4) is 56.2 Å². The highest BCUT2D eigenvalue weighted by Crippen LogP contribution is 2.33. The summed E-state index contributed by atoms with van der Waals surface area (Å²) in [4.78, 5) is 14.9. The third-order valence-corrected chi connectivity index (χ3v) is 7.03. The molecule has 3 nitrogen and oxygen atoms in total. The van der Waals surface area contributed by atoms with Gasteiger partial charge in [-0.1, -0.05) is 154 Å². The Labute approximate surface area is 236 Å². The van der Waals surface area contributed by atoms with Crippen LogP contribution in [0.5, 0.6) is 0 Å². The van der Waals surface area contributed by atoms with Gasteiger partial charge in [0.05, 0.1) is 0 Å². The average Bonchev–Trinajstić information content (AvgIpc) is 3.01. The van der Waals surface area contributed by atoms with Crippen molar-refractivity contribution in [1.29, 1.82) is 0 Å². The van der Waals surface area contributed by atoms with Gasteiger partial charge >= 0.3 is 0 Å². The minimum atomic E-state index is -0.228. The normalized spacial score (nSPS) is 11.4. The lowest BCUT2D eigenvalue weighted by Gasteiger charge is -2.19. The van der Waals surface area contributed by atoms with Crippen LogP contribution in [0, 0.1) is 0 Å². The Morgan fingerprint density at radius 1 is 0.350 bits per heavy atom. The highest BCUT2D eigenvalue weighted by molar-refractivity contribution is 5.81. The lowest BCUT2D eigenvalue weighted by molar-refractivity contribution is 0.543. The molecule has 0 aliphatic carbocycles. The molecule has 40 heavy (non-hydrogen) atoms. The summed E-state index contributed by atoms with van der Waals surface area (Å²) in [6.45, 7) is 6.42. The van der Waals surface area contributed by atoms with E-state index in [1.54, 1.807) is 0 Å². The van der Waals surface area contributed by atoms with Crippen LogP contribution in [0.15, 0.2) is 133 Å². The fraction of sp³-hybridized carbons (Fsp3) is 0.108. The van der Waals surface area contributed by atoms with E-state index in [9.17, 15) is 0 Å². The minimum Gasteiger partial charge on any atom is -0.212 e. The summed E-state index contributed by atoms with van der Waals surface area (Å²) in [6, 6.07) is 46.4. The number of benzene rings is 5. The molecule has 0 aliphatic heterocycles.